The third-order valence-electron chi connectivity index (χ3n) is 15.7. The van der Waals surface area contributed by atoms with Crippen molar-refractivity contribution in [1.82, 2.24) is 0 Å². The van der Waals surface area contributed by atoms with Crippen LogP contribution < -0.4 is 0 Å². The van der Waals surface area contributed by atoms with Crippen molar-refractivity contribution in [2.24, 2.45) is 0 Å². The summed E-state index contributed by atoms with van der Waals surface area (Å²) < 4.78 is 7.30. The molecule has 0 aliphatic rings. The van der Waals surface area contributed by atoms with Gasteiger partial charge in [0.2, 0.25) is 0 Å². The molecule has 0 aliphatic carbocycles. The van der Waals surface area contributed by atoms with Crippen molar-refractivity contribution < 1.29 is 4.74 Å². The topological polar surface area (TPSA) is 9.23 Å². The molecule has 0 aromatic heterocycles. The average molecular weight is 968 g/mol. The molecule has 0 aromatic rings. The molecule has 2 atom stereocenters. The van der Waals surface area contributed by atoms with Crippen molar-refractivity contribution in [2.45, 2.75) is 412 Å². The minimum Gasteiger partial charge on any atom is -0.375 e. The molecule has 0 rings (SSSR count). The van der Waals surface area contributed by atoms with Crippen molar-refractivity contribution >= 4 is 0 Å². The van der Waals surface area contributed by atoms with Crippen LogP contribution in [0.25, 0.3) is 0 Å². The molecule has 0 fully saturated rings. The van der Waals surface area contributed by atoms with Crippen LogP contribution in [-0.4, -0.2) is 12.2 Å². The molecule has 0 N–H and O–H groups in total. The summed E-state index contributed by atoms with van der Waals surface area (Å²) in [5.41, 5.74) is 0. The number of hydrogen-bond acceptors (Lipinski definition) is 1. The molecular weight excluding hydrogens is 833 g/mol. The van der Waals surface area contributed by atoms with Gasteiger partial charge in [-0.2, -0.15) is 0 Å². The molecule has 2 unspecified atom stereocenters. The Morgan fingerprint density at radius 1 is 0.188 bits per heavy atom. The van der Waals surface area contributed by atoms with Gasteiger partial charge in [-0.15, -0.1) is 0 Å². The summed E-state index contributed by atoms with van der Waals surface area (Å²) in [5, 5.41) is 0. The van der Waals surface area contributed by atoms with Crippen molar-refractivity contribution in [1.29, 1.82) is 0 Å². The molecule has 0 aromatic carbocycles. The van der Waals surface area contributed by atoms with Crippen LogP contribution in [0.2, 0.25) is 0 Å². The molecular formula is C68H134O. The normalized spacial score (nSPS) is 12.9. The molecule has 0 spiro atoms. The van der Waals surface area contributed by atoms with Crippen LogP contribution in [0.15, 0.2) is 24.3 Å². The maximum atomic E-state index is 7.30. The van der Waals surface area contributed by atoms with Gasteiger partial charge in [0.25, 0.3) is 0 Å². The molecule has 412 valence electrons. The minimum absolute atomic E-state index is 0.493. The van der Waals surface area contributed by atoms with E-state index in [4.69, 9.17) is 4.74 Å². The van der Waals surface area contributed by atoms with Crippen molar-refractivity contribution in [3.63, 3.8) is 0 Å². The molecule has 0 amide bonds. The highest BCUT2D eigenvalue weighted by Crippen LogP contribution is 2.24. The zero-order chi connectivity index (χ0) is 49.7. The first kappa shape index (κ1) is 68.4. The van der Waals surface area contributed by atoms with E-state index in [9.17, 15) is 0 Å². The zero-order valence-corrected chi connectivity index (χ0v) is 48.9. The summed E-state index contributed by atoms with van der Waals surface area (Å²) in [6.45, 7) is 9.28. The van der Waals surface area contributed by atoms with E-state index in [0.29, 0.717) is 12.2 Å². The van der Waals surface area contributed by atoms with Crippen LogP contribution in [0.5, 0.6) is 0 Å². The molecule has 0 aliphatic heterocycles. The molecule has 0 bridgehead atoms. The van der Waals surface area contributed by atoms with E-state index in [1.165, 1.54) is 372 Å². The van der Waals surface area contributed by atoms with Crippen LogP contribution in [0.4, 0.5) is 0 Å². The van der Waals surface area contributed by atoms with Crippen molar-refractivity contribution in [3.8, 4) is 0 Å². The fourth-order valence-corrected chi connectivity index (χ4v) is 10.9. The second-order valence-corrected chi connectivity index (χ2v) is 22.9. The maximum absolute atomic E-state index is 7.30. The van der Waals surface area contributed by atoms with E-state index in [2.05, 4.69) is 52.0 Å². The Bertz CT molecular complexity index is 860. The Kier molecular flexibility index (Phi) is 63.0. The van der Waals surface area contributed by atoms with Crippen LogP contribution in [0.3, 0.4) is 0 Å². The van der Waals surface area contributed by atoms with Crippen molar-refractivity contribution in [2.75, 3.05) is 0 Å². The summed E-state index contributed by atoms with van der Waals surface area (Å²) in [4.78, 5) is 0. The first-order valence-electron chi connectivity index (χ1n) is 33.2. The van der Waals surface area contributed by atoms with Gasteiger partial charge < -0.3 is 4.74 Å². The lowest BCUT2D eigenvalue weighted by Crippen LogP contribution is -2.23. The molecule has 0 heterocycles. The summed E-state index contributed by atoms with van der Waals surface area (Å²) in [5.74, 6) is 0. The van der Waals surface area contributed by atoms with E-state index in [0.717, 1.165) is 0 Å². The first-order valence-corrected chi connectivity index (χ1v) is 33.2. The third-order valence-corrected chi connectivity index (χ3v) is 15.7. The highest BCUT2D eigenvalue weighted by atomic mass is 16.5. The maximum Gasteiger partial charge on any atom is 0.0578 e. The summed E-state index contributed by atoms with van der Waals surface area (Å²) in [7, 11) is 0. The highest BCUT2D eigenvalue weighted by Gasteiger charge is 2.17. The fraction of sp³-hybridized carbons (Fsp3) is 0.941. The van der Waals surface area contributed by atoms with Crippen LogP contribution in [0.1, 0.15) is 400 Å². The van der Waals surface area contributed by atoms with Crippen LogP contribution in [0, 0.1) is 0 Å². The van der Waals surface area contributed by atoms with Gasteiger partial charge in [-0.05, 0) is 77.0 Å². The summed E-state index contributed by atoms with van der Waals surface area (Å²) in [6.07, 6.45) is 92.6. The standard InChI is InChI=1S/C68H134O/c1-5-9-13-17-21-25-29-33-37-41-45-49-53-57-61-65-67(63-59-55-51-47-43-39-35-31-27-23-19-15-11-7-3)69-68(64-60-56-52-48-44-40-36-32-28-24-20-16-12-8-4)66-62-58-54-50-46-42-38-34-30-26-22-18-14-10-6-2/h33-34,37-38,67-68H,5-32,35-36,39-66H2,1-4H3. The zero-order valence-electron chi connectivity index (χ0n) is 48.9. The minimum atomic E-state index is 0.493. The van der Waals surface area contributed by atoms with Gasteiger partial charge in [0.05, 0.1) is 12.2 Å². The monoisotopic (exact) mass is 967 g/mol. The van der Waals surface area contributed by atoms with Gasteiger partial charge in [0.1, 0.15) is 0 Å². The quantitative estimate of drug-likeness (QED) is 0.0436. The summed E-state index contributed by atoms with van der Waals surface area (Å²) in [6, 6.07) is 0. The van der Waals surface area contributed by atoms with Gasteiger partial charge in [0, 0.05) is 0 Å². The first-order chi connectivity index (χ1) is 34.3. The van der Waals surface area contributed by atoms with Gasteiger partial charge in [0.15, 0.2) is 0 Å². The Morgan fingerprint density at radius 2 is 0.333 bits per heavy atom. The van der Waals surface area contributed by atoms with E-state index in [1.807, 2.05) is 0 Å². The predicted molar refractivity (Wildman–Crippen MR) is 317 cm³/mol. The number of rotatable bonds is 62. The Labute approximate surface area is 439 Å². The SMILES string of the molecule is CCCCCCCCC=CCCCCCCCC(CCCCCCCCCCCCCCCC)OC(CCCCCCCC=CCCCCCCCC)CCCCCCCCCCCCCCCC. The number of hydrogen-bond donors (Lipinski definition) is 0. The number of allylic oxidation sites excluding steroid dienone is 4. The van der Waals surface area contributed by atoms with E-state index >= 15 is 0 Å². The Balaban J connectivity index is 4.92. The van der Waals surface area contributed by atoms with E-state index in [1.54, 1.807) is 0 Å². The highest BCUT2D eigenvalue weighted by molar-refractivity contribution is 4.82. The molecule has 0 saturated heterocycles. The molecule has 0 saturated carbocycles. The average Bonchev–Trinajstić information content (AvgIpc) is 3.36. The molecule has 0 radical (unpaired) electrons. The molecule has 69 heavy (non-hydrogen) atoms. The number of unbranched alkanes of at least 4 members (excludes halogenated alkanes) is 48. The van der Waals surface area contributed by atoms with Crippen LogP contribution in [-0.2, 0) is 4.74 Å². The van der Waals surface area contributed by atoms with Crippen LogP contribution >= 0.6 is 0 Å². The smallest absolute Gasteiger partial charge is 0.0578 e. The van der Waals surface area contributed by atoms with E-state index in [-0.39, 0.29) is 0 Å². The van der Waals surface area contributed by atoms with Crippen molar-refractivity contribution in [3.05, 3.63) is 24.3 Å². The fourth-order valence-electron chi connectivity index (χ4n) is 10.9. The molecule has 1 nitrogen and oxygen atoms in total. The predicted octanol–water partition coefficient (Wildman–Crippen LogP) is 25.6. The van der Waals surface area contributed by atoms with Gasteiger partial charge in [-0.25, -0.2) is 0 Å². The Hall–Kier alpha value is -0.560. The van der Waals surface area contributed by atoms with Gasteiger partial charge >= 0.3 is 0 Å². The van der Waals surface area contributed by atoms with E-state index < -0.39 is 0 Å². The summed E-state index contributed by atoms with van der Waals surface area (Å²) >= 11 is 0. The van der Waals surface area contributed by atoms with Gasteiger partial charge in [-0.3, -0.25) is 0 Å². The lowest BCUT2D eigenvalue weighted by atomic mass is 9.99. The van der Waals surface area contributed by atoms with Gasteiger partial charge in [-0.1, -0.05) is 347 Å². The second kappa shape index (κ2) is 63.6. The second-order valence-electron chi connectivity index (χ2n) is 22.9. The third kappa shape index (κ3) is 59.9. The lowest BCUT2D eigenvalue weighted by molar-refractivity contribution is -0.0324. The lowest BCUT2D eigenvalue weighted by Gasteiger charge is -2.26. The Morgan fingerprint density at radius 3 is 0.507 bits per heavy atom. The largest absolute Gasteiger partial charge is 0.375 e. The number of ether oxygens (including phenoxy) is 1. The molecule has 1 heteroatoms.